The van der Waals surface area contributed by atoms with E-state index >= 15 is 0 Å². The molecule has 0 aliphatic carbocycles. The number of nitrogens with zero attached hydrogens (tertiary/aromatic N) is 6. The Morgan fingerprint density at radius 3 is 2.26 bits per heavy atom. The van der Waals surface area contributed by atoms with Crippen LogP contribution in [0.15, 0.2) is 18.2 Å². The molecule has 27 heavy (non-hydrogen) atoms. The van der Waals surface area contributed by atoms with Gasteiger partial charge in [-0.1, -0.05) is 26.0 Å². The molecule has 1 atom stereocenters. The molecule has 6 heteroatoms. The van der Waals surface area contributed by atoms with Crippen LogP contribution >= 0.6 is 0 Å². The monoisotopic (exact) mass is 370 g/mol. The maximum absolute atomic E-state index is 4.43. The zero-order valence-electron chi connectivity index (χ0n) is 17.9. The van der Waals surface area contributed by atoms with E-state index in [-0.39, 0.29) is 11.6 Å². The van der Waals surface area contributed by atoms with E-state index < -0.39 is 0 Å². The fourth-order valence-electron chi connectivity index (χ4n) is 4.06. The number of benzene rings is 1. The molecule has 1 aliphatic heterocycles. The normalized spacial score (nSPS) is 17.6. The lowest BCUT2D eigenvalue weighted by atomic mass is 9.99. The molecule has 1 fully saturated rings. The Kier molecular flexibility index (Phi) is 5.56. The molecular weight excluding hydrogens is 336 g/mol. The molecule has 0 amide bonds. The van der Waals surface area contributed by atoms with Crippen molar-refractivity contribution in [2.75, 3.05) is 31.1 Å². The molecule has 0 spiro atoms. The molecule has 1 unspecified atom stereocenters. The van der Waals surface area contributed by atoms with Crippen LogP contribution in [0.4, 0.5) is 5.69 Å². The second-order valence-corrected chi connectivity index (χ2v) is 9.05. The summed E-state index contributed by atoms with van der Waals surface area (Å²) in [6, 6.07) is 6.84. The van der Waals surface area contributed by atoms with E-state index in [9.17, 15) is 0 Å². The second-order valence-electron chi connectivity index (χ2n) is 9.05. The third kappa shape index (κ3) is 4.00. The first-order valence-corrected chi connectivity index (χ1v) is 10.0. The number of anilines is 1. The summed E-state index contributed by atoms with van der Waals surface area (Å²) in [6.07, 6.45) is 0. The van der Waals surface area contributed by atoms with Crippen LogP contribution in [0.1, 0.15) is 57.6 Å². The molecule has 2 aromatic rings. The topological polar surface area (TPSA) is 50.1 Å². The van der Waals surface area contributed by atoms with Crippen LogP contribution in [0.2, 0.25) is 0 Å². The Morgan fingerprint density at radius 2 is 1.67 bits per heavy atom. The van der Waals surface area contributed by atoms with Gasteiger partial charge in [0.1, 0.15) is 0 Å². The quantitative estimate of drug-likeness (QED) is 0.823. The number of aryl methyl sites for hydroxylation is 1. The van der Waals surface area contributed by atoms with Crippen LogP contribution in [0, 0.1) is 19.8 Å². The Labute approximate surface area is 163 Å². The maximum atomic E-state index is 4.43. The predicted molar refractivity (Wildman–Crippen MR) is 110 cm³/mol. The Hall–Kier alpha value is -1.95. The van der Waals surface area contributed by atoms with E-state index in [0.717, 1.165) is 32.0 Å². The Balaban J connectivity index is 1.79. The zero-order valence-corrected chi connectivity index (χ0v) is 17.9. The van der Waals surface area contributed by atoms with Gasteiger partial charge in [-0.2, -0.15) is 0 Å². The first-order chi connectivity index (χ1) is 12.7. The highest BCUT2D eigenvalue weighted by Gasteiger charge is 2.34. The van der Waals surface area contributed by atoms with E-state index in [2.05, 4.69) is 92.0 Å². The summed E-state index contributed by atoms with van der Waals surface area (Å²) in [5.41, 5.74) is 4.00. The predicted octanol–water partition coefficient (Wildman–Crippen LogP) is 3.56. The SMILES string of the molecule is Cc1cccc(N2CCN(C(c3nnnn3C(C)(C)C)C(C)C)CC2)c1C. The summed E-state index contributed by atoms with van der Waals surface area (Å²) >= 11 is 0. The van der Waals surface area contributed by atoms with Crippen molar-refractivity contribution in [1.29, 1.82) is 0 Å². The van der Waals surface area contributed by atoms with Crippen LogP contribution in [0.3, 0.4) is 0 Å². The molecule has 2 heterocycles. The van der Waals surface area contributed by atoms with Crippen molar-refractivity contribution in [3.8, 4) is 0 Å². The first-order valence-electron chi connectivity index (χ1n) is 10.0. The van der Waals surface area contributed by atoms with Gasteiger partial charge < -0.3 is 4.90 Å². The van der Waals surface area contributed by atoms with Crippen LogP contribution in [-0.2, 0) is 5.54 Å². The van der Waals surface area contributed by atoms with E-state index in [1.54, 1.807) is 0 Å². The van der Waals surface area contributed by atoms with Gasteiger partial charge in [-0.25, -0.2) is 4.68 Å². The van der Waals surface area contributed by atoms with Gasteiger partial charge in [-0.15, -0.1) is 5.10 Å². The van der Waals surface area contributed by atoms with E-state index in [1.807, 2.05) is 4.68 Å². The van der Waals surface area contributed by atoms with Crippen molar-refractivity contribution >= 4 is 5.69 Å². The molecule has 1 aromatic heterocycles. The molecule has 0 bridgehead atoms. The van der Waals surface area contributed by atoms with Gasteiger partial charge in [0.2, 0.25) is 0 Å². The number of hydrogen-bond donors (Lipinski definition) is 0. The third-order valence-electron chi connectivity index (χ3n) is 5.65. The average Bonchev–Trinajstić information content (AvgIpc) is 3.07. The summed E-state index contributed by atoms with van der Waals surface area (Å²) in [7, 11) is 0. The van der Waals surface area contributed by atoms with Gasteiger partial charge in [0.05, 0.1) is 11.6 Å². The molecule has 148 valence electrons. The van der Waals surface area contributed by atoms with Crippen molar-refractivity contribution < 1.29 is 0 Å². The largest absolute Gasteiger partial charge is 0.369 e. The number of piperazine rings is 1. The Bertz CT molecular complexity index is 765. The molecule has 0 radical (unpaired) electrons. The van der Waals surface area contributed by atoms with Crippen molar-refractivity contribution in [1.82, 2.24) is 25.1 Å². The lowest BCUT2D eigenvalue weighted by Gasteiger charge is -2.42. The third-order valence-corrected chi connectivity index (χ3v) is 5.65. The van der Waals surface area contributed by atoms with Gasteiger partial charge in [0.15, 0.2) is 5.82 Å². The number of aromatic nitrogens is 4. The fraction of sp³-hybridized carbons (Fsp3) is 0.667. The number of tetrazole rings is 1. The highest BCUT2D eigenvalue weighted by atomic mass is 15.6. The Morgan fingerprint density at radius 1 is 1.00 bits per heavy atom. The second kappa shape index (κ2) is 7.58. The van der Waals surface area contributed by atoms with Crippen molar-refractivity contribution in [3.05, 3.63) is 35.2 Å². The summed E-state index contributed by atoms with van der Waals surface area (Å²) in [4.78, 5) is 5.07. The minimum Gasteiger partial charge on any atom is -0.369 e. The minimum atomic E-state index is -0.119. The van der Waals surface area contributed by atoms with E-state index in [1.165, 1.54) is 16.8 Å². The van der Waals surface area contributed by atoms with Crippen LogP contribution in [0.5, 0.6) is 0 Å². The van der Waals surface area contributed by atoms with Gasteiger partial charge >= 0.3 is 0 Å². The fourth-order valence-corrected chi connectivity index (χ4v) is 4.06. The average molecular weight is 371 g/mol. The summed E-state index contributed by atoms with van der Waals surface area (Å²) in [5, 5.41) is 12.7. The summed E-state index contributed by atoms with van der Waals surface area (Å²) in [5.74, 6) is 1.43. The van der Waals surface area contributed by atoms with Crippen molar-refractivity contribution in [2.45, 2.75) is 60.0 Å². The lowest BCUT2D eigenvalue weighted by Crippen LogP contribution is -2.49. The minimum absolute atomic E-state index is 0.119. The standard InChI is InChI=1S/C21H34N6/c1-15(2)19(20-22-23-24-27(20)21(5,6)7)26-13-11-25(12-14-26)18-10-8-9-16(3)17(18)4/h8-10,15,19H,11-14H2,1-7H3. The highest BCUT2D eigenvalue weighted by molar-refractivity contribution is 5.56. The molecular formula is C21H34N6. The lowest BCUT2D eigenvalue weighted by molar-refractivity contribution is 0.128. The molecule has 3 rings (SSSR count). The van der Waals surface area contributed by atoms with Crippen LogP contribution < -0.4 is 4.90 Å². The molecule has 1 aromatic carbocycles. The van der Waals surface area contributed by atoms with Crippen molar-refractivity contribution in [2.24, 2.45) is 5.92 Å². The van der Waals surface area contributed by atoms with Gasteiger partial charge in [0.25, 0.3) is 0 Å². The van der Waals surface area contributed by atoms with Crippen molar-refractivity contribution in [3.63, 3.8) is 0 Å². The van der Waals surface area contributed by atoms with Gasteiger partial charge in [0, 0.05) is 31.9 Å². The maximum Gasteiger partial charge on any atom is 0.169 e. The zero-order chi connectivity index (χ0) is 19.8. The molecule has 1 aliphatic rings. The van der Waals surface area contributed by atoms with Crippen LogP contribution in [0.25, 0.3) is 0 Å². The highest BCUT2D eigenvalue weighted by Crippen LogP contribution is 2.31. The van der Waals surface area contributed by atoms with Gasteiger partial charge in [-0.3, -0.25) is 4.90 Å². The summed E-state index contributed by atoms with van der Waals surface area (Å²) < 4.78 is 1.99. The molecule has 0 saturated carbocycles. The van der Waals surface area contributed by atoms with E-state index in [0.29, 0.717) is 5.92 Å². The molecule has 6 nitrogen and oxygen atoms in total. The van der Waals surface area contributed by atoms with Gasteiger partial charge in [-0.05, 0) is 68.2 Å². The number of rotatable bonds is 4. The molecule has 0 N–H and O–H groups in total. The van der Waals surface area contributed by atoms with E-state index in [4.69, 9.17) is 0 Å². The first kappa shape index (κ1) is 19.8. The summed E-state index contributed by atoms with van der Waals surface area (Å²) in [6.45, 7) is 19.5. The smallest absolute Gasteiger partial charge is 0.169 e. The van der Waals surface area contributed by atoms with Crippen LogP contribution in [-0.4, -0.2) is 51.3 Å². The number of hydrogen-bond acceptors (Lipinski definition) is 5. The molecule has 1 saturated heterocycles.